The summed E-state index contributed by atoms with van der Waals surface area (Å²) in [7, 11) is 0. The Morgan fingerprint density at radius 3 is 2.84 bits per heavy atom. The van der Waals surface area contributed by atoms with Crippen molar-refractivity contribution in [3.63, 3.8) is 0 Å². The lowest BCUT2D eigenvalue weighted by Gasteiger charge is -2.14. The number of rotatable bonds is 4. The van der Waals surface area contributed by atoms with Crippen LogP contribution in [0.1, 0.15) is 29.8 Å². The number of aliphatic hydroxyl groups is 1. The van der Waals surface area contributed by atoms with Crippen LogP contribution < -0.4 is 0 Å². The van der Waals surface area contributed by atoms with Crippen molar-refractivity contribution in [2.45, 2.75) is 25.9 Å². The molecule has 2 nitrogen and oxygen atoms in total. The van der Waals surface area contributed by atoms with Crippen molar-refractivity contribution in [3.05, 3.63) is 63.6 Å². The molecule has 0 amide bonds. The fourth-order valence-electron chi connectivity index (χ4n) is 2.10. The molecule has 4 heteroatoms. The predicted molar refractivity (Wildman–Crippen MR) is 76.4 cm³/mol. The molecule has 1 aromatic carbocycles. The molecule has 0 spiro atoms. The highest BCUT2D eigenvalue weighted by atomic mass is 79.9. The molecule has 1 heterocycles. The molecule has 0 saturated heterocycles. The Morgan fingerprint density at radius 2 is 2.16 bits per heavy atom. The molecular formula is C15H15BrFNO. The van der Waals surface area contributed by atoms with E-state index >= 15 is 0 Å². The van der Waals surface area contributed by atoms with Crippen molar-refractivity contribution in [1.82, 2.24) is 4.98 Å². The lowest BCUT2D eigenvalue weighted by molar-refractivity contribution is 0.172. The van der Waals surface area contributed by atoms with Crippen molar-refractivity contribution in [2.75, 3.05) is 0 Å². The first-order chi connectivity index (χ1) is 9.10. The van der Waals surface area contributed by atoms with E-state index in [1.165, 1.54) is 12.1 Å². The Kier molecular flexibility index (Phi) is 4.66. The fraction of sp³-hybridized carbons (Fsp3) is 0.267. The number of hydrogen-bond donors (Lipinski definition) is 1. The third kappa shape index (κ3) is 3.61. The van der Waals surface area contributed by atoms with Gasteiger partial charge in [-0.2, -0.15) is 0 Å². The minimum Gasteiger partial charge on any atom is -0.386 e. The zero-order chi connectivity index (χ0) is 13.8. The second kappa shape index (κ2) is 6.26. The van der Waals surface area contributed by atoms with E-state index in [1.54, 1.807) is 12.3 Å². The first-order valence-electron chi connectivity index (χ1n) is 6.17. The molecule has 0 aliphatic carbocycles. The van der Waals surface area contributed by atoms with Gasteiger partial charge in [0, 0.05) is 17.1 Å². The molecule has 0 fully saturated rings. The zero-order valence-corrected chi connectivity index (χ0v) is 12.2. The van der Waals surface area contributed by atoms with Gasteiger partial charge >= 0.3 is 0 Å². The average molecular weight is 324 g/mol. The summed E-state index contributed by atoms with van der Waals surface area (Å²) < 4.78 is 14.0. The normalized spacial score (nSPS) is 12.4. The molecule has 1 aromatic heterocycles. The smallest absolute Gasteiger partial charge is 0.124 e. The second-order valence-electron chi connectivity index (χ2n) is 4.40. The summed E-state index contributed by atoms with van der Waals surface area (Å²) in [5.41, 5.74) is 2.43. The number of aromatic nitrogens is 1. The number of benzene rings is 1. The highest BCUT2D eigenvalue weighted by molar-refractivity contribution is 9.10. The van der Waals surface area contributed by atoms with Gasteiger partial charge in [0.2, 0.25) is 0 Å². The standard InChI is InChI=1S/C15H15BrFNO/c1-2-11-4-3-5-18-15(11)14(19)8-10-6-12(16)9-13(17)7-10/h3-7,9,14,19H,2,8H2,1H3. The molecule has 2 rings (SSSR count). The van der Waals surface area contributed by atoms with Crippen LogP contribution in [0.15, 0.2) is 41.0 Å². The number of aliphatic hydroxyl groups excluding tert-OH is 1. The highest BCUT2D eigenvalue weighted by Crippen LogP contribution is 2.23. The van der Waals surface area contributed by atoms with Gasteiger partial charge in [-0.25, -0.2) is 4.39 Å². The topological polar surface area (TPSA) is 33.1 Å². The van der Waals surface area contributed by atoms with Crippen molar-refractivity contribution in [3.8, 4) is 0 Å². The first kappa shape index (κ1) is 14.2. The number of halogens is 2. The summed E-state index contributed by atoms with van der Waals surface area (Å²) in [5.74, 6) is -0.312. The number of nitrogens with zero attached hydrogens (tertiary/aromatic N) is 1. The van der Waals surface area contributed by atoms with Crippen LogP contribution in [0.5, 0.6) is 0 Å². The van der Waals surface area contributed by atoms with E-state index in [-0.39, 0.29) is 5.82 Å². The third-order valence-electron chi connectivity index (χ3n) is 2.97. The molecule has 0 bridgehead atoms. The van der Waals surface area contributed by atoms with Gasteiger partial charge in [0.25, 0.3) is 0 Å². The molecule has 1 atom stereocenters. The van der Waals surface area contributed by atoms with Gasteiger partial charge in [0.05, 0.1) is 5.69 Å². The van der Waals surface area contributed by atoms with Gasteiger partial charge in [-0.05, 0) is 41.8 Å². The lowest BCUT2D eigenvalue weighted by atomic mass is 10.0. The van der Waals surface area contributed by atoms with Crippen molar-refractivity contribution >= 4 is 15.9 Å². The summed E-state index contributed by atoms with van der Waals surface area (Å²) in [5, 5.41) is 10.3. The van der Waals surface area contributed by atoms with Crippen LogP contribution >= 0.6 is 15.9 Å². The van der Waals surface area contributed by atoms with Gasteiger partial charge < -0.3 is 5.11 Å². The van der Waals surface area contributed by atoms with Crippen LogP contribution in [-0.2, 0) is 12.8 Å². The third-order valence-corrected chi connectivity index (χ3v) is 3.43. The Labute approximate surface area is 120 Å². The maximum Gasteiger partial charge on any atom is 0.124 e. The molecule has 2 aromatic rings. The molecule has 0 aliphatic heterocycles. The molecular weight excluding hydrogens is 309 g/mol. The fourth-order valence-corrected chi connectivity index (χ4v) is 2.61. The quantitative estimate of drug-likeness (QED) is 0.927. The number of pyridine rings is 1. The highest BCUT2D eigenvalue weighted by Gasteiger charge is 2.14. The van der Waals surface area contributed by atoms with Crippen molar-refractivity contribution in [1.29, 1.82) is 0 Å². The number of hydrogen-bond acceptors (Lipinski definition) is 2. The van der Waals surface area contributed by atoms with Crippen LogP contribution in [0, 0.1) is 5.82 Å². The Hall–Kier alpha value is -1.26. The molecule has 1 N–H and O–H groups in total. The maximum atomic E-state index is 13.3. The van der Waals surface area contributed by atoms with E-state index < -0.39 is 6.10 Å². The van der Waals surface area contributed by atoms with E-state index in [0.717, 1.165) is 17.5 Å². The monoisotopic (exact) mass is 323 g/mol. The summed E-state index contributed by atoms with van der Waals surface area (Å²) in [4.78, 5) is 4.23. The Morgan fingerprint density at radius 1 is 1.37 bits per heavy atom. The largest absolute Gasteiger partial charge is 0.386 e. The van der Waals surface area contributed by atoms with Crippen LogP contribution in [0.2, 0.25) is 0 Å². The van der Waals surface area contributed by atoms with Gasteiger partial charge in [-0.1, -0.05) is 28.9 Å². The molecule has 1 unspecified atom stereocenters. The van der Waals surface area contributed by atoms with E-state index in [0.29, 0.717) is 16.6 Å². The maximum absolute atomic E-state index is 13.3. The van der Waals surface area contributed by atoms with Crippen LogP contribution in [0.3, 0.4) is 0 Å². The average Bonchev–Trinajstić information content (AvgIpc) is 2.37. The van der Waals surface area contributed by atoms with Gasteiger partial charge in [-0.3, -0.25) is 4.98 Å². The Bertz CT molecular complexity index is 554. The Balaban J connectivity index is 2.22. The van der Waals surface area contributed by atoms with E-state index in [4.69, 9.17) is 0 Å². The molecule has 100 valence electrons. The number of aryl methyl sites for hydroxylation is 1. The summed E-state index contributed by atoms with van der Waals surface area (Å²) >= 11 is 3.25. The van der Waals surface area contributed by atoms with Gasteiger partial charge in [0.1, 0.15) is 11.9 Å². The minimum absolute atomic E-state index is 0.312. The predicted octanol–water partition coefficient (Wildman–Crippen LogP) is 3.82. The summed E-state index contributed by atoms with van der Waals surface area (Å²) in [6.07, 6.45) is 2.11. The lowest BCUT2D eigenvalue weighted by Crippen LogP contribution is -2.07. The SMILES string of the molecule is CCc1cccnc1C(O)Cc1cc(F)cc(Br)c1. The van der Waals surface area contributed by atoms with Gasteiger partial charge in [0.15, 0.2) is 0 Å². The molecule has 0 saturated carbocycles. The van der Waals surface area contributed by atoms with E-state index in [2.05, 4.69) is 20.9 Å². The van der Waals surface area contributed by atoms with Crippen LogP contribution in [-0.4, -0.2) is 10.1 Å². The van der Waals surface area contributed by atoms with E-state index in [9.17, 15) is 9.50 Å². The first-order valence-corrected chi connectivity index (χ1v) is 6.96. The van der Waals surface area contributed by atoms with Crippen LogP contribution in [0.25, 0.3) is 0 Å². The molecule has 0 radical (unpaired) electrons. The molecule has 0 aliphatic rings. The van der Waals surface area contributed by atoms with Crippen LogP contribution in [0.4, 0.5) is 4.39 Å². The van der Waals surface area contributed by atoms with Crippen molar-refractivity contribution in [2.24, 2.45) is 0 Å². The second-order valence-corrected chi connectivity index (χ2v) is 5.31. The van der Waals surface area contributed by atoms with Crippen molar-refractivity contribution < 1.29 is 9.50 Å². The van der Waals surface area contributed by atoms with E-state index in [1.807, 2.05) is 19.1 Å². The summed E-state index contributed by atoms with van der Waals surface area (Å²) in [6.45, 7) is 2.02. The summed E-state index contributed by atoms with van der Waals surface area (Å²) in [6, 6.07) is 8.44. The van der Waals surface area contributed by atoms with Gasteiger partial charge in [-0.15, -0.1) is 0 Å². The molecule has 19 heavy (non-hydrogen) atoms. The minimum atomic E-state index is -0.718. The zero-order valence-electron chi connectivity index (χ0n) is 10.6.